The van der Waals surface area contributed by atoms with Crippen molar-refractivity contribution in [1.82, 2.24) is 25.2 Å². The molecule has 0 bridgehead atoms. The van der Waals surface area contributed by atoms with Gasteiger partial charge in [-0.15, -0.1) is 5.10 Å². The second kappa shape index (κ2) is 7.71. The summed E-state index contributed by atoms with van der Waals surface area (Å²) >= 11 is 0. The third-order valence-corrected chi connectivity index (χ3v) is 3.80. The highest BCUT2D eigenvalue weighted by atomic mass is 16.5. The highest BCUT2D eigenvalue weighted by molar-refractivity contribution is 4.92. The molecule has 0 amide bonds. The molecule has 1 aliphatic rings. The van der Waals surface area contributed by atoms with E-state index in [2.05, 4.69) is 34.4 Å². The molecule has 1 fully saturated rings. The van der Waals surface area contributed by atoms with Crippen molar-refractivity contribution in [3.05, 3.63) is 11.9 Å². The van der Waals surface area contributed by atoms with Crippen LogP contribution in [0.2, 0.25) is 0 Å². The van der Waals surface area contributed by atoms with Crippen LogP contribution in [0.15, 0.2) is 6.20 Å². The summed E-state index contributed by atoms with van der Waals surface area (Å²) in [5.41, 5.74) is 1.12. The van der Waals surface area contributed by atoms with E-state index in [1.807, 2.05) is 17.9 Å². The van der Waals surface area contributed by atoms with Gasteiger partial charge in [0.25, 0.3) is 0 Å². The summed E-state index contributed by atoms with van der Waals surface area (Å²) in [5, 5.41) is 11.4. The van der Waals surface area contributed by atoms with Gasteiger partial charge in [0.15, 0.2) is 0 Å². The third kappa shape index (κ3) is 4.54. The molecule has 0 spiro atoms. The fourth-order valence-corrected chi connectivity index (χ4v) is 2.69. The van der Waals surface area contributed by atoms with E-state index in [1.54, 1.807) is 0 Å². The molecule has 20 heavy (non-hydrogen) atoms. The summed E-state index contributed by atoms with van der Waals surface area (Å²) in [6.07, 6.45) is 3.04. The quantitative estimate of drug-likeness (QED) is 0.795. The number of rotatable bonds is 7. The van der Waals surface area contributed by atoms with Crippen molar-refractivity contribution in [2.45, 2.75) is 32.9 Å². The number of aryl methyl sites for hydroxylation is 1. The average molecular weight is 281 g/mol. The molecule has 1 N–H and O–H groups in total. The minimum absolute atomic E-state index is 0.583. The molecule has 2 rings (SSSR count). The Labute approximate surface area is 121 Å². The Kier molecular flexibility index (Phi) is 5.94. The summed E-state index contributed by atoms with van der Waals surface area (Å²) in [6.45, 7) is 10.2. The number of morpholine rings is 1. The average Bonchev–Trinajstić information content (AvgIpc) is 2.84. The second-order valence-electron chi connectivity index (χ2n) is 5.91. The summed E-state index contributed by atoms with van der Waals surface area (Å²) in [6, 6.07) is 0.583. The molecule has 1 aromatic rings. The van der Waals surface area contributed by atoms with Crippen molar-refractivity contribution in [1.29, 1.82) is 0 Å². The van der Waals surface area contributed by atoms with Gasteiger partial charge in [0.1, 0.15) is 0 Å². The van der Waals surface area contributed by atoms with E-state index in [0.717, 1.165) is 45.1 Å². The molecule has 1 aromatic heterocycles. The van der Waals surface area contributed by atoms with Crippen LogP contribution in [0.3, 0.4) is 0 Å². The minimum Gasteiger partial charge on any atom is -0.379 e. The zero-order valence-corrected chi connectivity index (χ0v) is 12.9. The molecule has 1 atom stereocenters. The lowest BCUT2D eigenvalue weighted by molar-refractivity contribution is 0.0123. The standard InChI is InChI=1S/C14H27N5O/c1-12(2)8-13(19-4-6-20-7-5-19)9-15-10-14-11-16-17-18(14)3/h11-13,15H,4-10H2,1-3H3. The number of hydrogen-bond acceptors (Lipinski definition) is 5. The van der Waals surface area contributed by atoms with Crippen molar-refractivity contribution < 1.29 is 4.74 Å². The maximum absolute atomic E-state index is 5.45. The van der Waals surface area contributed by atoms with Crippen LogP contribution in [0.1, 0.15) is 26.0 Å². The smallest absolute Gasteiger partial charge is 0.0738 e. The molecule has 1 unspecified atom stereocenters. The van der Waals surface area contributed by atoms with Crippen LogP contribution >= 0.6 is 0 Å². The number of nitrogens with one attached hydrogen (secondary N) is 1. The Bertz CT molecular complexity index is 387. The maximum Gasteiger partial charge on any atom is 0.0738 e. The summed E-state index contributed by atoms with van der Waals surface area (Å²) in [7, 11) is 1.93. The first-order chi connectivity index (χ1) is 9.66. The zero-order valence-electron chi connectivity index (χ0n) is 12.9. The van der Waals surface area contributed by atoms with Crippen LogP contribution in [0.25, 0.3) is 0 Å². The van der Waals surface area contributed by atoms with Gasteiger partial charge in [0.05, 0.1) is 25.1 Å². The van der Waals surface area contributed by atoms with E-state index in [4.69, 9.17) is 4.74 Å². The maximum atomic E-state index is 5.45. The Morgan fingerprint density at radius 1 is 1.35 bits per heavy atom. The van der Waals surface area contributed by atoms with Crippen molar-refractivity contribution in [2.24, 2.45) is 13.0 Å². The van der Waals surface area contributed by atoms with Crippen LogP contribution in [-0.4, -0.2) is 58.8 Å². The van der Waals surface area contributed by atoms with Gasteiger partial charge in [0.2, 0.25) is 0 Å². The van der Waals surface area contributed by atoms with Gasteiger partial charge in [0, 0.05) is 39.3 Å². The predicted molar refractivity (Wildman–Crippen MR) is 78.3 cm³/mol. The lowest BCUT2D eigenvalue weighted by Crippen LogP contribution is -2.48. The Morgan fingerprint density at radius 2 is 2.10 bits per heavy atom. The van der Waals surface area contributed by atoms with E-state index in [0.29, 0.717) is 12.0 Å². The van der Waals surface area contributed by atoms with Crippen molar-refractivity contribution in [3.63, 3.8) is 0 Å². The van der Waals surface area contributed by atoms with Gasteiger partial charge < -0.3 is 10.1 Å². The molecule has 6 heteroatoms. The number of nitrogens with zero attached hydrogens (tertiary/aromatic N) is 4. The van der Waals surface area contributed by atoms with Gasteiger partial charge in [-0.05, 0) is 12.3 Å². The summed E-state index contributed by atoms with van der Waals surface area (Å²) in [4.78, 5) is 2.55. The Hall–Kier alpha value is -0.980. The lowest BCUT2D eigenvalue weighted by Gasteiger charge is -2.35. The number of hydrogen-bond donors (Lipinski definition) is 1. The number of aromatic nitrogens is 3. The first-order valence-electron chi connectivity index (χ1n) is 7.53. The van der Waals surface area contributed by atoms with Gasteiger partial charge in [-0.3, -0.25) is 9.58 Å². The van der Waals surface area contributed by atoms with E-state index in [9.17, 15) is 0 Å². The molecule has 2 heterocycles. The first kappa shape index (κ1) is 15.4. The predicted octanol–water partition coefficient (Wildman–Crippen LogP) is 0.652. The molecule has 0 saturated carbocycles. The van der Waals surface area contributed by atoms with E-state index < -0.39 is 0 Å². The van der Waals surface area contributed by atoms with Crippen LogP contribution in [0.5, 0.6) is 0 Å². The van der Waals surface area contributed by atoms with Gasteiger partial charge in [-0.2, -0.15) is 0 Å². The van der Waals surface area contributed by atoms with E-state index in [1.165, 1.54) is 6.42 Å². The van der Waals surface area contributed by atoms with Crippen LogP contribution in [0, 0.1) is 5.92 Å². The van der Waals surface area contributed by atoms with Crippen molar-refractivity contribution in [3.8, 4) is 0 Å². The topological polar surface area (TPSA) is 55.2 Å². The third-order valence-electron chi connectivity index (χ3n) is 3.80. The van der Waals surface area contributed by atoms with Crippen LogP contribution in [0.4, 0.5) is 0 Å². The van der Waals surface area contributed by atoms with Gasteiger partial charge in [-0.1, -0.05) is 19.1 Å². The van der Waals surface area contributed by atoms with Crippen molar-refractivity contribution >= 4 is 0 Å². The number of ether oxygens (including phenoxy) is 1. The molecule has 114 valence electrons. The lowest BCUT2D eigenvalue weighted by atomic mass is 10.0. The molecule has 0 aliphatic carbocycles. The highest BCUT2D eigenvalue weighted by Gasteiger charge is 2.21. The molecule has 1 aliphatic heterocycles. The highest BCUT2D eigenvalue weighted by Crippen LogP contribution is 2.13. The molecule has 1 saturated heterocycles. The summed E-state index contributed by atoms with van der Waals surface area (Å²) in [5.74, 6) is 0.711. The van der Waals surface area contributed by atoms with E-state index in [-0.39, 0.29) is 0 Å². The minimum atomic E-state index is 0.583. The Balaban J connectivity index is 1.82. The van der Waals surface area contributed by atoms with Crippen LogP contribution < -0.4 is 5.32 Å². The largest absolute Gasteiger partial charge is 0.379 e. The molecular weight excluding hydrogens is 254 g/mol. The van der Waals surface area contributed by atoms with Crippen molar-refractivity contribution in [2.75, 3.05) is 32.8 Å². The zero-order chi connectivity index (χ0) is 14.4. The second-order valence-corrected chi connectivity index (χ2v) is 5.91. The molecular formula is C14H27N5O. The first-order valence-corrected chi connectivity index (χ1v) is 7.53. The molecule has 0 aromatic carbocycles. The normalized spacial score (nSPS) is 18.6. The molecule has 0 radical (unpaired) electrons. The van der Waals surface area contributed by atoms with Gasteiger partial charge in [-0.25, -0.2) is 0 Å². The monoisotopic (exact) mass is 281 g/mol. The van der Waals surface area contributed by atoms with E-state index >= 15 is 0 Å². The summed E-state index contributed by atoms with van der Waals surface area (Å²) < 4.78 is 7.27. The van der Waals surface area contributed by atoms with Crippen LogP contribution in [-0.2, 0) is 18.3 Å². The molecule has 6 nitrogen and oxygen atoms in total. The Morgan fingerprint density at radius 3 is 2.70 bits per heavy atom. The fraction of sp³-hybridized carbons (Fsp3) is 0.857. The van der Waals surface area contributed by atoms with Gasteiger partial charge >= 0.3 is 0 Å². The fourth-order valence-electron chi connectivity index (χ4n) is 2.69. The SMILES string of the molecule is CC(C)CC(CNCc1cnnn1C)N1CCOCC1.